The van der Waals surface area contributed by atoms with Crippen LogP contribution in [0, 0.1) is 5.82 Å². The second-order valence-electron chi connectivity index (χ2n) is 3.47. The molecular formula is C11H11BrFNO4. The number of halogens is 2. The van der Waals surface area contributed by atoms with E-state index in [2.05, 4.69) is 21.2 Å². The number of carboxylic acid groups (broad SMARTS) is 1. The Morgan fingerprint density at radius 1 is 1.44 bits per heavy atom. The van der Waals surface area contributed by atoms with Crippen LogP contribution >= 0.6 is 15.9 Å². The van der Waals surface area contributed by atoms with Gasteiger partial charge in [0.15, 0.2) is 0 Å². The largest absolute Gasteiger partial charge is 0.480 e. The van der Waals surface area contributed by atoms with Gasteiger partial charge in [0, 0.05) is 17.5 Å². The van der Waals surface area contributed by atoms with Crippen LogP contribution in [0.15, 0.2) is 22.7 Å². The van der Waals surface area contributed by atoms with Gasteiger partial charge in [0.2, 0.25) is 0 Å². The summed E-state index contributed by atoms with van der Waals surface area (Å²) in [6, 6.07) is 2.73. The highest BCUT2D eigenvalue weighted by molar-refractivity contribution is 9.10. The average molecular weight is 320 g/mol. The van der Waals surface area contributed by atoms with Gasteiger partial charge in [-0.05, 0) is 28.1 Å². The summed E-state index contributed by atoms with van der Waals surface area (Å²) in [6.07, 6.45) is -0.146. The normalized spacial score (nSPS) is 11.9. The molecule has 0 unspecified atom stereocenters. The Bertz CT molecular complexity index is 446. The molecule has 0 bridgehead atoms. The van der Waals surface area contributed by atoms with Crippen LogP contribution in [0.3, 0.4) is 0 Å². The number of carbonyl (C=O) groups excluding carboxylic acids is 1. The van der Waals surface area contributed by atoms with Crippen molar-refractivity contribution in [3.8, 4) is 0 Å². The smallest absolute Gasteiger partial charge is 0.326 e. The highest BCUT2D eigenvalue weighted by Crippen LogP contribution is 2.19. The topological polar surface area (TPSA) is 86.6 Å². The van der Waals surface area contributed by atoms with Crippen LogP contribution in [0.2, 0.25) is 0 Å². The van der Waals surface area contributed by atoms with Crippen LogP contribution in [-0.2, 0) is 4.79 Å². The molecule has 3 N–H and O–H groups in total. The highest BCUT2D eigenvalue weighted by Gasteiger charge is 2.23. The third-order valence-electron chi connectivity index (χ3n) is 2.21. The standard InChI is InChI=1S/C11H11BrFNO4/c12-6-2-1-3-7(13)9(6)10(16)14-8(4-5-15)11(17)18/h1-3,8,15H,4-5H2,(H,14,16)(H,17,18)/t8-/m1/s1. The third-order valence-corrected chi connectivity index (χ3v) is 2.87. The Morgan fingerprint density at radius 2 is 2.11 bits per heavy atom. The zero-order chi connectivity index (χ0) is 13.7. The lowest BCUT2D eigenvalue weighted by molar-refractivity contribution is -0.139. The Hall–Kier alpha value is -1.47. The quantitative estimate of drug-likeness (QED) is 0.760. The van der Waals surface area contributed by atoms with Crippen molar-refractivity contribution in [2.45, 2.75) is 12.5 Å². The molecule has 0 radical (unpaired) electrons. The first kappa shape index (κ1) is 14.6. The molecule has 1 aromatic rings. The lowest BCUT2D eigenvalue weighted by Gasteiger charge is -2.14. The minimum absolute atomic E-state index is 0.146. The fraction of sp³-hybridized carbons (Fsp3) is 0.273. The molecule has 0 saturated carbocycles. The number of carboxylic acids is 1. The second-order valence-corrected chi connectivity index (χ2v) is 4.33. The number of hydrogen-bond donors (Lipinski definition) is 3. The number of nitrogens with one attached hydrogen (secondary N) is 1. The van der Waals surface area contributed by atoms with Gasteiger partial charge in [-0.2, -0.15) is 0 Å². The number of hydrogen-bond acceptors (Lipinski definition) is 3. The number of rotatable bonds is 5. The molecular weight excluding hydrogens is 309 g/mol. The number of aliphatic carboxylic acids is 1. The van der Waals surface area contributed by atoms with Crippen LogP contribution in [0.5, 0.6) is 0 Å². The van der Waals surface area contributed by atoms with E-state index in [1.54, 1.807) is 0 Å². The lowest BCUT2D eigenvalue weighted by Crippen LogP contribution is -2.41. The van der Waals surface area contributed by atoms with Crippen molar-refractivity contribution >= 4 is 27.8 Å². The maximum absolute atomic E-state index is 13.5. The Balaban J connectivity index is 2.90. The van der Waals surface area contributed by atoms with Gasteiger partial charge in [0.25, 0.3) is 5.91 Å². The molecule has 0 aliphatic rings. The molecule has 0 fully saturated rings. The van der Waals surface area contributed by atoms with Crippen molar-refractivity contribution in [3.63, 3.8) is 0 Å². The van der Waals surface area contributed by atoms with Gasteiger partial charge in [0.1, 0.15) is 11.9 Å². The molecule has 0 aromatic heterocycles. The zero-order valence-electron chi connectivity index (χ0n) is 9.19. The van der Waals surface area contributed by atoms with E-state index in [4.69, 9.17) is 10.2 Å². The van der Waals surface area contributed by atoms with Gasteiger partial charge < -0.3 is 15.5 Å². The van der Waals surface area contributed by atoms with Crippen molar-refractivity contribution in [2.75, 3.05) is 6.61 Å². The first-order chi connectivity index (χ1) is 8.47. The molecule has 5 nitrogen and oxygen atoms in total. The van der Waals surface area contributed by atoms with Gasteiger partial charge in [-0.1, -0.05) is 6.07 Å². The van der Waals surface area contributed by atoms with Gasteiger partial charge in [0.05, 0.1) is 5.56 Å². The number of aliphatic hydroxyl groups is 1. The predicted molar refractivity (Wildman–Crippen MR) is 64.7 cm³/mol. The number of benzene rings is 1. The van der Waals surface area contributed by atoms with Crippen LogP contribution in [-0.4, -0.2) is 34.7 Å². The van der Waals surface area contributed by atoms with Gasteiger partial charge in [-0.3, -0.25) is 4.79 Å². The molecule has 1 amide bonds. The van der Waals surface area contributed by atoms with Crippen LogP contribution in [0.1, 0.15) is 16.8 Å². The van der Waals surface area contributed by atoms with E-state index in [0.717, 1.165) is 6.07 Å². The maximum atomic E-state index is 13.5. The van der Waals surface area contributed by atoms with Crippen LogP contribution in [0.25, 0.3) is 0 Å². The molecule has 98 valence electrons. The molecule has 1 rings (SSSR count). The van der Waals surface area contributed by atoms with Crippen molar-refractivity contribution in [1.29, 1.82) is 0 Å². The van der Waals surface area contributed by atoms with Crippen molar-refractivity contribution in [1.82, 2.24) is 5.32 Å². The third kappa shape index (κ3) is 3.51. The summed E-state index contributed by atoms with van der Waals surface area (Å²) >= 11 is 3.02. The average Bonchev–Trinajstić information content (AvgIpc) is 2.28. The Morgan fingerprint density at radius 3 is 2.61 bits per heavy atom. The van der Waals surface area contributed by atoms with E-state index < -0.39 is 30.3 Å². The Labute approximate surface area is 111 Å². The molecule has 0 saturated heterocycles. The molecule has 0 heterocycles. The summed E-state index contributed by atoms with van der Waals surface area (Å²) in [4.78, 5) is 22.5. The van der Waals surface area contributed by atoms with Crippen molar-refractivity contribution in [3.05, 3.63) is 34.1 Å². The molecule has 0 spiro atoms. The van der Waals surface area contributed by atoms with Crippen molar-refractivity contribution in [2.24, 2.45) is 0 Å². The number of amides is 1. The minimum Gasteiger partial charge on any atom is -0.480 e. The van der Waals surface area contributed by atoms with E-state index in [0.29, 0.717) is 0 Å². The van der Waals surface area contributed by atoms with E-state index in [1.807, 2.05) is 0 Å². The summed E-state index contributed by atoms with van der Waals surface area (Å²) in [5.41, 5.74) is -0.262. The zero-order valence-corrected chi connectivity index (χ0v) is 10.8. The minimum atomic E-state index is -1.29. The summed E-state index contributed by atoms with van der Waals surface area (Å²) in [5.74, 6) is -2.89. The molecule has 1 atom stereocenters. The molecule has 0 aliphatic heterocycles. The summed E-state index contributed by atoms with van der Waals surface area (Å²) < 4.78 is 13.7. The van der Waals surface area contributed by atoms with E-state index in [9.17, 15) is 14.0 Å². The second kappa shape index (κ2) is 6.46. The highest BCUT2D eigenvalue weighted by atomic mass is 79.9. The first-order valence-electron chi connectivity index (χ1n) is 5.06. The fourth-order valence-electron chi connectivity index (χ4n) is 1.33. The fourth-order valence-corrected chi connectivity index (χ4v) is 1.85. The van der Waals surface area contributed by atoms with Gasteiger partial charge in [-0.15, -0.1) is 0 Å². The summed E-state index contributed by atoms with van der Waals surface area (Å²) in [5, 5.41) is 19.6. The van der Waals surface area contributed by atoms with Crippen molar-refractivity contribution < 1.29 is 24.2 Å². The SMILES string of the molecule is O=C(N[C@H](CCO)C(=O)O)c1c(F)cccc1Br. The summed E-state index contributed by atoms with van der Waals surface area (Å²) in [6.45, 7) is -0.393. The predicted octanol–water partition coefficient (Wildman–Crippen LogP) is 1.15. The first-order valence-corrected chi connectivity index (χ1v) is 5.85. The number of carbonyl (C=O) groups is 2. The van der Waals surface area contributed by atoms with Gasteiger partial charge in [-0.25, -0.2) is 9.18 Å². The van der Waals surface area contributed by atoms with E-state index >= 15 is 0 Å². The summed E-state index contributed by atoms with van der Waals surface area (Å²) in [7, 11) is 0. The molecule has 1 aromatic carbocycles. The monoisotopic (exact) mass is 319 g/mol. The molecule has 0 aliphatic carbocycles. The number of aliphatic hydroxyl groups excluding tert-OH is 1. The van der Waals surface area contributed by atoms with Crippen LogP contribution in [0.4, 0.5) is 4.39 Å². The lowest BCUT2D eigenvalue weighted by atomic mass is 10.1. The van der Waals surface area contributed by atoms with E-state index in [-0.39, 0.29) is 16.5 Å². The van der Waals surface area contributed by atoms with E-state index in [1.165, 1.54) is 12.1 Å². The Kier molecular flexibility index (Phi) is 5.24. The maximum Gasteiger partial charge on any atom is 0.326 e. The van der Waals surface area contributed by atoms with Crippen LogP contribution < -0.4 is 5.32 Å². The van der Waals surface area contributed by atoms with Gasteiger partial charge >= 0.3 is 5.97 Å². The molecule has 18 heavy (non-hydrogen) atoms. The molecule has 7 heteroatoms.